The van der Waals surface area contributed by atoms with Crippen molar-refractivity contribution in [1.29, 1.82) is 0 Å². The fourth-order valence-electron chi connectivity index (χ4n) is 3.42. The van der Waals surface area contributed by atoms with Crippen LogP contribution in [0.5, 0.6) is 0 Å². The summed E-state index contributed by atoms with van der Waals surface area (Å²) in [5.74, 6) is 1.55. The molecule has 3 heteroatoms. The fourth-order valence-corrected chi connectivity index (χ4v) is 3.42. The Morgan fingerprint density at radius 2 is 2.31 bits per heavy atom. The first-order valence-corrected chi connectivity index (χ1v) is 6.73. The summed E-state index contributed by atoms with van der Waals surface area (Å²) in [6.07, 6.45) is 7.14. The molecule has 0 amide bonds. The van der Waals surface area contributed by atoms with E-state index in [0.717, 1.165) is 19.0 Å². The van der Waals surface area contributed by atoms with E-state index < -0.39 is 0 Å². The van der Waals surface area contributed by atoms with E-state index in [0.29, 0.717) is 18.1 Å². The van der Waals surface area contributed by atoms with Crippen molar-refractivity contribution >= 4 is 0 Å². The van der Waals surface area contributed by atoms with Gasteiger partial charge >= 0.3 is 0 Å². The smallest absolute Gasteiger partial charge is 0.0606 e. The number of fused-ring (bicyclic) bond motifs is 1. The van der Waals surface area contributed by atoms with Crippen molar-refractivity contribution in [3.05, 3.63) is 11.6 Å². The molecule has 3 N–H and O–H groups in total. The minimum atomic E-state index is 0.580. The van der Waals surface area contributed by atoms with Crippen LogP contribution in [-0.2, 0) is 0 Å². The second kappa shape index (κ2) is 4.47. The first kappa shape index (κ1) is 10.8. The molecule has 0 aliphatic carbocycles. The summed E-state index contributed by atoms with van der Waals surface area (Å²) in [6.45, 7) is 5.71. The normalized spacial score (nSPS) is 43.9. The molecule has 3 heterocycles. The first-order chi connectivity index (χ1) is 7.83. The van der Waals surface area contributed by atoms with Crippen molar-refractivity contribution in [2.75, 3.05) is 19.6 Å². The molecule has 2 fully saturated rings. The van der Waals surface area contributed by atoms with Crippen LogP contribution in [0.3, 0.4) is 0 Å². The minimum Gasteiger partial charge on any atom is -0.312 e. The molecule has 90 valence electrons. The van der Waals surface area contributed by atoms with Gasteiger partial charge in [-0.3, -0.25) is 5.32 Å². The van der Waals surface area contributed by atoms with E-state index in [4.69, 9.17) is 0 Å². The van der Waals surface area contributed by atoms with Crippen LogP contribution < -0.4 is 16.0 Å². The van der Waals surface area contributed by atoms with Gasteiger partial charge in [0.2, 0.25) is 0 Å². The van der Waals surface area contributed by atoms with Gasteiger partial charge in [-0.2, -0.15) is 0 Å². The Hall–Kier alpha value is -0.380. The zero-order chi connectivity index (χ0) is 11.0. The lowest BCUT2D eigenvalue weighted by Gasteiger charge is -2.26. The Balaban J connectivity index is 1.68. The van der Waals surface area contributed by atoms with Gasteiger partial charge in [-0.1, -0.05) is 13.0 Å². The third-order valence-electron chi connectivity index (χ3n) is 4.25. The Morgan fingerprint density at radius 1 is 1.38 bits per heavy atom. The van der Waals surface area contributed by atoms with Gasteiger partial charge in [0.05, 0.1) is 6.17 Å². The number of hydrogen-bond acceptors (Lipinski definition) is 3. The van der Waals surface area contributed by atoms with Crippen molar-refractivity contribution in [1.82, 2.24) is 16.0 Å². The van der Waals surface area contributed by atoms with Gasteiger partial charge in [0.25, 0.3) is 0 Å². The molecule has 0 radical (unpaired) electrons. The highest BCUT2D eigenvalue weighted by Crippen LogP contribution is 2.30. The molecule has 0 spiro atoms. The highest BCUT2D eigenvalue weighted by molar-refractivity contribution is 5.19. The van der Waals surface area contributed by atoms with Crippen LogP contribution in [0.2, 0.25) is 0 Å². The van der Waals surface area contributed by atoms with Crippen LogP contribution in [0.15, 0.2) is 11.6 Å². The molecule has 2 saturated heterocycles. The van der Waals surface area contributed by atoms with Gasteiger partial charge in [0, 0.05) is 19.1 Å². The maximum Gasteiger partial charge on any atom is 0.0606 e. The lowest BCUT2D eigenvalue weighted by molar-refractivity contribution is 0.300. The average molecular weight is 221 g/mol. The standard InChI is InChI=1S/C13H23N3/c1-9-5-11(8-14-7-9)12-6-10-3-2-4-15-13(10)16-12/h5,9-10,12-16H,2-4,6-8H2,1H3/t9-,10?,12?,13?/m1/s1. The first-order valence-electron chi connectivity index (χ1n) is 6.73. The topological polar surface area (TPSA) is 36.1 Å². The highest BCUT2D eigenvalue weighted by atomic mass is 15.2. The van der Waals surface area contributed by atoms with Crippen molar-refractivity contribution in [2.24, 2.45) is 11.8 Å². The molecule has 3 nitrogen and oxygen atoms in total. The summed E-state index contributed by atoms with van der Waals surface area (Å²) in [7, 11) is 0. The quantitative estimate of drug-likeness (QED) is 0.574. The molecule has 0 aromatic rings. The summed E-state index contributed by atoms with van der Waals surface area (Å²) < 4.78 is 0. The third kappa shape index (κ3) is 2.04. The molecular formula is C13H23N3. The number of nitrogens with one attached hydrogen (secondary N) is 3. The number of rotatable bonds is 1. The van der Waals surface area contributed by atoms with Gasteiger partial charge < -0.3 is 10.6 Å². The Labute approximate surface area is 98.1 Å². The molecule has 3 unspecified atom stereocenters. The van der Waals surface area contributed by atoms with Crippen molar-refractivity contribution < 1.29 is 0 Å². The van der Waals surface area contributed by atoms with Crippen LogP contribution in [-0.4, -0.2) is 31.8 Å². The lowest BCUT2D eigenvalue weighted by atomic mass is 9.91. The van der Waals surface area contributed by atoms with Gasteiger partial charge in [-0.05, 0) is 43.2 Å². The van der Waals surface area contributed by atoms with Gasteiger partial charge in [0.15, 0.2) is 0 Å². The van der Waals surface area contributed by atoms with Crippen LogP contribution >= 0.6 is 0 Å². The summed E-state index contributed by atoms with van der Waals surface area (Å²) in [6, 6.07) is 0.621. The molecule has 0 saturated carbocycles. The lowest BCUT2D eigenvalue weighted by Crippen LogP contribution is -2.47. The average Bonchev–Trinajstić information content (AvgIpc) is 2.72. The predicted molar refractivity (Wildman–Crippen MR) is 66.2 cm³/mol. The highest BCUT2D eigenvalue weighted by Gasteiger charge is 2.36. The zero-order valence-electron chi connectivity index (χ0n) is 10.1. The van der Waals surface area contributed by atoms with E-state index in [9.17, 15) is 0 Å². The van der Waals surface area contributed by atoms with E-state index >= 15 is 0 Å². The summed E-state index contributed by atoms with van der Waals surface area (Å²) in [4.78, 5) is 0. The van der Waals surface area contributed by atoms with E-state index in [1.54, 1.807) is 5.57 Å². The van der Waals surface area contributed by atoms with E-state index in [1.807, 2.05) is 0 Å². The third-order valence-corrected chi connectivity index (χ3v) is 4.25. The maximum atomic E-state index is 3.76. The van der Waals surface area contributed by atoms with Crippen molar-refractivity contribution in [3.63, 3.8) is 0 Å². The molecule has 0 aromatic heterocycles. The fraction of sp³-hybridized carbons (Fsp3) is 0.846. The summed E-state index contributed by atoms with van der Waals surface area (Å²) >= 11 is 0. The second-order valence-electron chi connectivity index (χ2n) is 5.64. The molecule has 0 bridgehead atoms. The summed E-state index contributed by atoms with van der Waals surface area (Å²) in [5, 5.41) is 10.9. The molecule has 3 aliphatic rings. The van der Waals surface area contributed by atoms with Crippen LogP contribution in [0, 0.1) is 11.8 Å². The van der Waals surface area contributed by atoms with Gasteiger partial charge in [-0.15, -0.1) is 0 Å². The zero-order valence-corrected chi connectivity index (χ0v) is 10.1. The summed E-state index contributed by atoms with van der Waals surface area (Å²) in [5.41, 5.74) is 1.59. The Kier molecular flexibility index (Phi) is 3.01. The van der Waals surface area contributed by atoms with Crippen LogP contribution in [0.4, 0.5) is 0 Å². The maximum absolute atomic E-state index is 3.76. The van der Waals surface area contributed by atoms with Crippen LogP contribution in [0.1, 0.15) is 26.2 Å². The van der Waals surface area contributed by atoms with Crippen molar-refractivity contribution in [3.8, 4) is 0 Å². The molecule has 0 aromatic carbocycles. The van der Waals surface area contributed by atoms with Gasteiger partial charge in [-0.25, -0.2) is 0 Å². The van der Waals surface area contributed by atoms with E-state index in [2.05, 4.69) is 29.0 Å². The molecule has 16 heavy (non-hydrogen) atoms. The SMILES string of the molecule is C[C@@H]1C=C(C2CC3CCCNC3N2)CNC1. The minimum absolute atomic E-state index is 0.580. The largest absolute Gasteiger partial charge is 0.312 e. The monoisotopic (exact) mass is 221 g/mol. The second-order valence-corrected chi connectivity index (χ2v) is 5.64. The Bertz CT molecular complexity index is 273. The van der Waals surface area contributed by atoms with E-state index in [-0.39, 0.29) is 0 Å². The molecule has 3 aliphatic heterocycles. The van der Waals surface area contributed by atoms with Crippen molar-refractivity contribution in [2.45, 2.75) is 38.4 Å². The predicted octanol–water partition coefficient (Wildman–Crippen LogP) is 0.840. The van der Waals surface area contributed by atoms with Gasteiger partial charge in [0.1, 0.15) is 0 Å². The molecule has 3 rings (SSSR count). The van der Waals surface area contributed by atoms with Crippen LogP contribution in [0.25, 0.3) is 0 Å². The number of hydrogen-bond donors (Lipinski definition) is 3. The number of piperidine rings is 1. The molecule has 4 atom stereocenters. The molecular weight excluding hydrogens is 198 g/mol. The Morgan fingerprint density at radius 3 is 3.12 bits per heavy atom. The van der Waals surface area contributed by atoms with E-state index in [1.165, 1.54) is 25.8 Å².